The highest BCUT2D eigenvalue weighted by molar-refractivity contribution is 9.10. The summed E-state index contributed by atoms with van der Waals surface area (Å²) < 4.78 is 1.11. The molecule has 3 aromatic rings. The Morgan fingerprint density at radius 1 is 1.19 bits per heavy atom. The molecule has 0 amide bonds. The first-order chi connectivity index (χ1) is 10.3. The first kappa shape index (κ1) is 14.5. The summed E-state index contributed by atoms with van der Waals surface area (Å²) in [5.41, 5.74) is 0. The summed E-state index contributed by atoms with van der Waals surface area (Å²) in [6.07, 6.45) is 4.11. The monoisotopic (exact) mass is 360 g/mol. The molecule has 0 fully saturated rings. The zero-order chi connectivity index (χ0) is 14.7. The molecule has 1 unspecified atom stereocenters. The van der Waals surface area contributed by atoms with Gasteiger partial charge in [-0.3, -0.25) is 0 Å². The first-order valence-corrected chi connectivity index (χ1v) is 8.80. The van der Waals surface area contributed by atoms with Gasteiger partial charge in [0.15, 0.2) is 0 Å². The first-order valence-electron chi connectivity index (χ1n) is 7.12. The number of hydrogen-bond donors (Lipinski definition) is 1. The number of pyridine rings is 1. The molecule has 0 aliphatic rings. The third kappa shape index (κ3) is 3.11. The number of benzene rings is 1. The van der Waals surface area contributed by atoms with Crippen LogP contribution < -0.4 is 5.32 Å². The lowest BCUT2D eigenvalue weighted by Gasteiger charge is -2.18. The van der Waals surface area contributed by atoms with Gasteiger partial charge in [0.1, 0.15) is 5.82 Å². The Hall–Kier alpha value is -1.39. The normalized spacial score (nSPS) is 12.5. The number of fused-ring (bicyclic) bond motifs is 1. The lowest BCUT2D eigenvalue weighted by Crippen LogP contribution is -2.10. The maximum absolute atomic E-state index is 4.55. The number of halogens is 1. The SMILES string of the molecule is CCCC(Nc1nccc2c(Br)cccc12)c1cccs1. The fourth-order valence-electron chi connectivity index (χ4n) is 2.51. The van der Waals surface area contributed by atoms with Crippen LogP contribution in [0.1, 0.15) is 30.7 Å². The largest absolute Gasteiger partial charge is 0.362 e. The molecule has 2 heterocycles. The van der Waals surface area contributed by atoms with Gasteiger partial charge in [0.2, 0.25) is 0 Å². The van der Waals surface area contributed by atoms with Gasteiger partial charge in [-0.25, -0.2) is 4.98 Å². The van der Waals surface area contributed by atoms with E-state index in [1.54, 1.807) is 11.3 Å². The van der Waals surface area contributed by atoms with E-state index in [9.17, 15) is 0 Å². The van der Waals surface area contributed by atoms with Crippen molar-refractivity contribution in [1.82, 2.24) is 4.98 Å². The quantitative estimate of drug-likeness (QED) is 0.602. The van der Waals surface area contributed by atoms with Gasteiger partial charge in [0.25, 0.3) is 0 Å². The van der Waals surface area contributed by atoms with Crippen molar-refractivity contribution in [2.75, 3.05) is 5.32 Å². The van der Waals surface area contributed by atoms with Crippen molar-refractivity contribution < 1.29 is 0 Å². The Labute approximate surface area is 137 Å². The van der Waals surface area contributed by atoms with Crippen molar-refractivity contribution in [3.63, 3.8) is 0 Å². The highest BCUT2D eigenvalue weighted by atomic mass is 79.9. The van der Waals surface area contributed by atoms with Crippen LogP contribution in [0.3, 0.4) is 0 Å². The lowest BCUT2D eigenvalue weighted by atomic mass is 10.1. The highest BCUT2D eigenvalue weighted by Gasteiger charge is 2.14. The van der Waals surface area contributed by atoms with Crippen LogP contribution >= 0.6 is 27.3 Å². The van der Waals surface area contributed by atoms with Gasteiger partial charge in [0, 0.05) is 26.3 Å². The van der Waals surface area contributed by atoms with E-state index in [1.165, 1.54) is 10.3 Å². The summed E-state index contributed by atoms with van der Waals surface area (Å²) in [6, 6.07) is 12.9. The number of anilines is 1. The van der Waals surface area contributed by atoms with Crippen molar-refractivity contribution in [2.24, 2.45) is 0 Å². The minimum atomic E-state index is 0.326. The topological polar surface area (TPSA) is 24.9 Å². The van der Waals surface area contributed by atoms with E-state index < -0.39 is 0 Å². The molecule has 1 atom stereocenters. The van der Waals surface area contributed by atoms with E-state index in [1.807, 2.05) is 12.3 Å². The lowest BCUT2D eigenvalue weighted by molar-refractivity contribution is 0.685. The van der Waals surface area contributed by atoms with Crippen LogP contribution in [0.2, 0.25) is 0 Å². The van der Waals surface area contributed by atoms with Gasteiger partial charge in [0.05, 0.1) is 6.04 Å². The van der Waals surface area contributed by atoms with Crippen LogP contribution in [0.25, 0.3) is 10.8 Å². The van der Waals surface area contributed by atoms with Gasteiger partial charge < -0.3 is 5.32 Å². The molecule has 108 valence electrons. The summed E-state index contributed by atoms with van der Waals surface area (Å²) in [5.74, 6) is 0.959. The van der Waals surface area contributed by atoms with Crippen LogP contribution in [0.5, 0.6) is 0 Å². The average molecular weight is 361 g/mol. The van der Waals surface area contributed by atoms with Crippen LogP contribution in [0.4, 0.5) is 5.82 Å². The number of thiophene rings is 1. The molecule has 0 saturated carbocycles. The number of aromatic nitrogens is 1. The van der Waals surface area contributed by atoms with Crippen molar-refractivity contribution in [2.45, 2.75) is 25.8 Å². The maximum atomic E-state index is 4.55. The van der Waals surface area contributed by atoms with Gasteiger partial charge >= 0.3 is 0 Å². The fourth-order valence-corrected chi connectivity index (χ4v) is 3.82. The predicted octanol–water partition coefficient (Wildman–Crippen LogP) is 6.01. The molecular formula is C17H17BrN2S. The van der Waals surface area contributed by atoms with Crippen molar-refractivity contribution in [1.29, 1.82) is 0 Å². The number of rotatable bonds is 5. The minimum Gasteiger partial charge on any atom is -0.362 e. The van der Waals surface area contributed by atoms with Gasteiger partial charge in [-0.1, -0.05) is 47.5 Å². The van der Waals surface area contributed by atoms with E-state index >= 15 is 0 Å². The maximum Gasteiger partial charge on any atom is 0.134 e. The molecule has 2 aromatic heterocycles. The molecule has 0 aliphatic carbocycles. The standard InChI is InChI=1S/C17H17BrN2S/c1-2-5-15(16-8-4-11-21-16)20-17-13-6-3-7-14(18)12(13)9-10-19-17/h3-4,6-11,15H,2,5H2,1H3,(H,19,20). The molecule has 2 nitrogen and oxygen atoms in total. The van der Waals surface area contributed by atoms with Gasteiger partial charge in [-0.2, -0.15) is 0 Å². The molecule has 21 heavy (non-hydrogen) atoms. The third-order valence-electron chi connectivity index (χ3n) is 3.53. The van der Waals surface area contributed by atoms with E-state index in [0.717, 1.165) is 28.5 Å². The molecule has 0 spiro atoms. The molecule has 0 aliphatic heterocycles. The fraction of sp³-hybridized carbons (Fsp3) is 0.235. The van der Waals surface area contributed by atoms with E-state index in [4.69, 9.17) is 0 Å². The third-order valence-corrected chi connectivity index (χ3v) is 5.21. The Morgan fingerprint density at radius 2 is 2.10 bits per heavy atom. The van der Waals surface area contributed by atoms with Crippen LogP contribution in [0.15, 0.2) is 52.4 Å². The van der Waals surface area contributed by atoms with Crippen molar-refractivity contribution >= 4 is 43.9 Å². The number of nitrogens with zero attached hydrogens (tertiary/aromatic N) is 1. The Balaban J connectivity index is 1.98. The Bertz CT molecular complexity index is 725. The highest BCUT2D eigenvalue weighted by Crippen LogP contribution is 2.32. The summed E-state index contributed by atoms with van der Waals surface area (Å²) in [4.78, 5) is 5.92. The Kier molecular flexibility index (Phi) is 4.56. The predicted molar refractivity (Wildman–Crippen MR) is 95.0 cm³/mol. The molecule has 4 heteroatoms. The molecule has 3 rings (SSSR count). The second-order valence-electron chi connectivity index (χ2n) is 5.00. The van der Waals surface area contributed by atoms with E-state index in [0.29, 0.717) is 6.04 Å². The summed E-state index contributed by atoms with van der Waals surface area (Å²) in [7, 11) is 0. The zero-order valence-electron chi connectivity index (χ0n) is 11.8. The van der Waals surface area contributed by atoms with E-state index in [2.05, 4.69) is 68.9 Å². The average Bonchev–Trinajstić information content (AvgIpc) is 3.02. The van der Waals surface area contributed by atoms with E-state index in [-0.39, 0.29) is 0 Å². The molecule has 1 aromatic carbocycles. The number of hydrogen-bond acceptors (Lipinski definition) is 3. The van der Waals surface area contributed by atoms with Gasteiger partial charge in [-0.15, -0.1) is 11.3 Å². The summed E-state index contributed by atoms with van der Waals surface area (Å²) >= 11 is 5.41. The molecule has 1 N–H and O–H groups in total. The second kappa shape index (κ2) is 6.58. The number of nitrogens with one attached hydrogen (secondary N) is 1. The smallest absolute Gasteiger partial charge is 0.134 e. The second-order valence-corrected chi connectivity index (χ2v) is 6.83. The summed E-state index contributed by atoms with van der Waals surface area (Å²) in [5, 5.41) is 8.11. The van der Waals surface area contributed by atoms with Crippen LogP contribution in [-0.4, -0.2) is 4.98 Å². The molecule has 0 bridgehead atoms. The summed E-state index contributed by atoms with van der Waals surface area (Å²) in [6.45, 7) is 2.22. The minimum absolute atomic E-state index is 0.326. The van der Waals surface area contributed by atoms with Crippen molar-refractivity contribution in [3.8, 4) is 0 Å². The van der Waals surface area contributed by atoms with Crippen molar-refractivity contribution in [3.05, 3.63) is 57.3 Å². The van der Waals surface area contributed by atoms with Gasteiger partial charge in [-0.05, 0) is 30.0 Å². The van der Waals surface area contributed by atoms with Crippen LogP contribution in [0, 0.1) is 0 Å². The molecule has 0 saturated heterocycles. The molecule has 0 radical (unpaired) electrons. The Morgan fingerprint density at radius 3 is 2.86 bits per heavy atom. The molecular weight excluding hydrogens is 344 g/mol. The zero-order valence-corrected chi connectivity index (χ0v) is 14.2. The van der Waals surface area contributed by atoms with Crippen LogP contribution in [-0.2, 0) is 0 Å².